The molecule has 0 fully saturated rings. The van der Waals surface area contributed by atoms with E-state index in [1.807, 2.05) is 30.3 Å². The van der Waals surface area contributed by atoms with Gasteiger partial charge in [0.05, 0.1) is 5.69 Å². The molecule has 182 valence electrons. The summed E-state index contributed by atoms with van der Waals surface area (Å²) in [5, 5.41) is 2.92. The minimum atomic E-state index is -0.411. The van der Waals surface area contributed by atoms with E-state index in [1.165, 1.54) is 24.3 Å². The van der Waals surface area contributed by atoms with E-state index in [0.717, 1.165) is 29.5 Å². The molecule has 1 aliphatic rings. The highest BCUT2D eigenvalue weighted by Gasteiger charge is 2.28. The third-order valence-electron chi connectivity index (χ3n) is 6.40. The fraction of sp³-hybridized carbons (Fsp3) is 0.167. The Labute approximate surface area is 209 Å². The zero-order valence-corrected chi connectivity index (χ0v) is 19.7. The lowest BCUT2D eigenvalue weighted by Gasteiger charge is -2.25. The number of ether oxygens (including phenoxy) is 1. The highest BCUT2D eigenvalue weighted by atomic mass is 19.1. The minimum absolute atomic E-state index is 0.0555. The summed E-state index contributed by atoms with van der Waals surface area (Å²) in [5.74, 6) is -0.0726. The Morgan fingerprint density at radius 2 is 1.61 bits per heavy atom. The highest BCUT2D eigenvalue weighted by Crippen LogP contribution is 2.39. The van der Waals surface area contributed by atoms with Crippen LogP contribution in [0.1, 0.15) is 35.4 Å². The first-order chi connectivity index (χ1) is 17.6. The van der Waals surface area contributed by atoms with Crippen LogP contribution in [0.4, 0.5) is 25.0 Å². The molecule has 0 saturated heterocycles. The Bertz CT molecular complexity index is 1330. The van der Waals surface area contributed by atoms with Crippen LogP contribution in [0.15, 0.2) is 97.1 Å². The smallest absolute Gasteiger partial charge is 0.326 e. The van der Waals surface area contributed by atoms with Gasteiger partial charge in [-0.25, -0.2) is 13.6 Å². The predicted octanol–water partition coefficient (Wildman–Crippen LogP) is 7.51. The van der Waals surface area contributed by atoms with Crippen molar-refractivity contribution in [2.24, 2.45) is 0 Å². The van der Waals surface area contributed by atoms with Crippen molar-refractivity contribution in [3.05, 3.63) is 125 Å². The van der Waals surface area contributed by atoms with Gasteiger partial charge in [-0.2, -0.15) is 0 Å². The molecule has 0 bridgehead atoms. The normalized spacial score (nSPS) is 15.1. The number of benzene rings is 4. The van der Waals surface area contributed by atoms with Gasteiger partial charge in [-0.15, -0.1) is 0 Å². The van der Waals surface area contributed by atoms with Crippen LogP contribution in [0, 0.1) is 11.6 Å². The van der Waals surface area contributed by atoms with E-state index in [1.54, 1.807) is 47.4 Å². The van der Waals surface area contributed by atoms with E-state index in [2.05, 4.69) is 5.32 Å². The zero-order chi connectivity index (χ0) is 24.9. The van der Waals surface area contributed by atoms with E-state index in [9.17, 15) is 13.6 Å². The van der Waals surface area contributed by atoms with Gasteiger partial charge in [0.1, 0.15) is 24.0 Å². The second kappa shape index (κ2) is 10.6. The van der Waals surface area contributed by atoms with Gasteiger partial charge in [0, 0.05) is 18.2 Å². The number of halogens is 2. The highest BCUT2D eigenvalue weighted by molar-refractivity contribution is 6.02. The first kappa shape index (κ1) is 23.5. The van der Waals surface area contributed by atoms with Crippen LogP contribution in [0.5, 0.6) is 5.75 Å². The molecule has 1 heterocycles. The molecule has 36 heavy (non-hydrogen) atoms. The van der Waals surface area contributed by atoms with Crippen LogP contribution in [0.2, 0.25) is 0 Å². The van der Waals surface area contributed by atoms with E-state index in [0.29, 0.717) is 30.3 Å². The molecule has 0 radical (unpaired) electrons. The molecule has 4 nitrogen and oxygen atoms in total. The maximum absolute atomic E-state index is 14.3. The number of urea groups is 1. The van der Waals surface area contributed by atoms with Crippen molar-refractivity contribution in [2.75, 3.05) is 16.8 Å². The lowest BCUT2D eigenvalue weighted by Crippen LogP contribution is -2.35. The van der Waals surface area contributed by atoms with Gasteiger partial charge in [0.15, 0.2) is 0 Å². The third kappa shape index (κ3) is 5.38. The first-order valence-corrected chi connectivity index (χ1v) is 12.0. The number of hydrogen-bond acceptors (Lipinski definition) is 2. The maximum Gasteiger partial charge on any atom is 0.326 e. The topological polar surface area (TPSA) is 41.6 Å². The van der Waals surface area contributed by atoms with E-state index in [4.69, 9.17) is 4.74 Å². The molecular formula is C30H26F2N2O2. The number of carbonyl (C=O) groups is 1. The van der Waals surface area contributed by atoms with Crippen LogP contribution in [0.3, 0.4) is 0 Å². The molecule has 1 unspecified atom stereocenters. The Morgan fingerprint density at radius 3 is 2.36 bits per heavy atom. The average Bonchev–Trinajstić information content (AvgIpc) is 3.09. The molecular weight excluding hydrogens is 458 g/mol. The minimum Gasteiger partial charge on any atom is -0.489 e. The van der Waals surface area contributed by atoms with Crippen LogP contribution >= 0.6 is 0 Å². The van der Waals surface area contributed by atoms with E-state index >= 15 is 0 Å². The van der Waals surface area contributed by atoms with Crippen molar-refractivity contribution < 1.29 is 18.3 Å². The molecule has 0 aliphatic carbocycles. The van der Waals surface area contributed by atoms with Crippen LogP contribution in [-0.4, -0.2) is 12.6 Å². The average molecular weight is 485 g/mol. The molecule has 1 atom stereocenters. The number of anilines is 2. The summed E-state index contributed by atoms with van der Waals surface area (Å²) >= 11 is 0. The summed E-state index contributed by atoms with van der Waals surface area (Å²) in [7, 11) is 0. The summed E-state index contributed by atoms with van der Waals surface area (Å²) in [6.45, 7) is 0.899. The van der Waals surface area contributed by atoms with Gasteiger partial charge < -0.3 is 10.1 Å². The first-order valence-electron chi connectivity index (χ1n) is 12.0. The fourth-order valence-corrected chi connectivity index (χ4v) is 4.59. The number of nitrogens with one attached hydrogen (secondary N) is 1. The van der Waals surface area contributed by atoms with Gasteiger partial charge in [-0.3, -0.25) is 4.90 Å². The molecule has 6 heteroatoms. The fourth-order valence-electron chi connectivity index (χ4n) is 4.59. The number of amides is 2. The molecule has 1 N–H and O–H groups in total. The molecule has 2 amide bonds. The molecule has 1 aliphatic heterocycles. The lowest BCUT2D eigenvalue weighted by molar-refractivity contribution is 0.257. The Morgan fingerprint density at radius 1 is 0.889 bits per heavy atom. The van der Waals surface area contributed by atoms with Gasteiger partial charge in [-0.05, 0) is 78.1 Å². The monoisotopic (exact) mass is 484 g/mol. The number of fused-ring (bicyclic) bond motifs is 1. The van der Waals surface area contributed by atoms with Crippen molar-refractivity contribution >= 4 is 17.4 Å². The molecule has 4 aromatic carbocycles. The Kier molecular flexibility index (Phi) is 6.94. The second-order valence-electron chi connectivity index (χ2n) is 8.83. The second-order valence-corrected chi connectivity index (χ2v) is 8.83. The molecule has 4 aromatic rings. The van der Waals surface area contributed by atoms with Crippen molar-refractivity contribution in [3.8, 4) is 5.75 Å². The zero-order valence-electron chi connectivity index (χ0n) is 19.7. The summed E-state index contributed by atoms with van der Waals surface area (Å²) in [6.07, 6.45) is 1.49. The lowest BCUT2D eigenvalue weighted by atomic mass is 9.87. The van der Waals surface area contributed by atoms with E-state index < -0.39 is 5.82 Å². The Hall–Kier alpha value is -4.19. The van der Waals surface area contributed by atoms with Crippen LogP contribution in [0.25, 0.3) is 0 Å². The summed E-state index contributed by atoms with van der Waals surface area (Å²) in [6, 6.07) is 27.6. The molecule has 0 aromatic heterocycles. The number of rotatable bonds is 5. The van der Waals surface area contributed by atoms with Crippen molar-refractivity contribution in [1.82, 2.24) is 0 Å². The maximum atomic E-state index is 14.3. The van der Waals surface area contributed by atoms with Crippen LogP contribution < -0.4 is 15.0 Å². The summed E-state index contributed by atoms with van der Waals surface area (Å²) < 4.78 is 33.6. The third-order valence-corrected chi connectivity index (χ3v) is 6.40. The molecule has 0 saturated carbocycles. The predicted molar refractivity (Wildman–Crippen MR) is 137 cm³/mol. The van der Waals surface area contributed by atoms with Gasteiger partial charge in [-0.1, -0.05) is 48.5 Å². The molecule has 0 spiro atoms. The van der Waals surface area contributed by atoms with Crippen LogP contribution in [-0.2, 0) is 6.61 Å². The van der Waals surface area contributed by atoms with Crippen molar-refractivity contribution in [3.63, 3.8) is 0 Å². The van der Waals surface area contributed by atoms with Crippen molar-refractivity contribution in [2.45, 2.75) is 25.4 Å². The quantitative estimate of drug-likeness (QED) is 0.319. The summed E-state index contributed by atoms with van der Waals surface area (Å²) in [5.41, 5.74) is 4.00. The standard InChI is InChI=1S/C30H26F2N2O2/c31-23-10-8-22(9-11-23)27-7-4-18-34(29-19-24(32)12-17-28(27)29)30(35)33-25-13-15-26(16-14-25)36-20-21-5-2-1-3-6-21/h1-3,5-6,8-17,19,27H,4,7,18,20H2,(H,33,35). The number of carbonyl (C=O) groups excluding carboxylic acids is 1. The number of hydrogen-bond donors (Lipinski definition) is 1. The summed E-state index contributed by atoms with van der Waals surface area (Å²) in [4.78, 5) is 14.9. The van der Waals surface area contributed by atoms with Crippen molar-refractivity contribution in [1.29, 1.82) is 0 Å². The SMILES string of the molecule is O=C(Nc1ccc(OCc2ccccc2)cc1)N1CCCC(c2ccc(F)cc2)c2ccc(F)cc21. The van der Waals surface area contributed by atoms with Gasteiger partial charge in [0.25, 0.3) is 0 Å². The molecule has 5 rings (SSSR count). The largest absolute Gasteiger partial charge is 0.489 e. The number of nitrogens with zero attached hydrogens (tertiary/aromatic N) is 1. The van der Waals surface area contributed by atoms with Gasteiger partial charge >= 0.3 is 6.03 Å². The Balaban J connectivity index is 1.32. The van der Waals surface area contributed by atoms with E-state index in [-0.39, 0.29) is 17.8 Å². The van der Waals surface area contributed by atoms with Gasteiger partial charge in [0.2, 0.25) is 0 Å².